The fraction of sp³-hybridized carbons (Fsp3) is 0.462. The Labute approximate surface area is 124 Å². The van der Waals surface area contributed by atoms with Crippen LogP contribution in [0, 0.1) is 0 Å². The second-order valence-electron chi connectivity index (χ2n) is 4.92. The van der Waals surface area contributed by atoms with Gasteiger partial charge in [-0.25, -0.2) is 16.8 Å². The number of sulfone groups is 2. The molecule has 118 valence electrons. The van der Waals surface area contributed by atoms with Crippen molar-refractivity contribution in [3.8, 4) is 0 Å². The fourth-order valence-electron chi connectivity index (χ4n) is 2.06. The van der Waals surface area contributed by atoms with Crippen molar-refractivity contribution in [3.63, 3.8) is 0 Å². The molecule has 1 unspecified atom stereocenters. The minimum Gasteiger partial charge on any atom is -0.481 e. The van der Waals surface area contributed by atoms with E-state index in [1.807, 2.05) is 0 Å². The van der Waals surface area contributed by atoms with Gasteiger partial charge in [0.25, 0.3) is 0 Å². The lowest BCUT2D eigenvalue weighted by molar-refractivity contribution is -0.139. The number of carboxylic acids is 1. The van der Waals surface area contributed by atoms with Crippen LogP contribution in [0.5, 0.6) is 0 Å². The molecule has 1 aromatic rings. The minimum absolute atomic E-state index is 0.124. The fourth-order valence-corrected chi connectivity index (χ4v) is 3.76. The van der Waals surface area contributed by atoms with Crippen molar-refractivity contribution in [1.29, 1.82) is 0 Å². The second kappa shape index (κ2) is 6.15. The molecule has 8 heteroatoms. The van der Waals surface area contributed by atoms with Crippen LogP contribution in [0.4, 0.5) is 0 Å². The van der Waals surface area contributed by atoms with E-state index in [4.69, 9.17) is 0 Å². The third-order valence-electron chi connectivity index (χ3n) is 3.06. The first-order chi connectivity index (χ1) is 9.48. The monoisotopic (exact) mass is 334 g/mol. The van der Waals surface area contributed by atoms with Crippen LogP contribution in [0.3, 0.4) is 0 Å². The summed E-state index contributed by atoms with van der Waals surface area (Å²) in [6.07, 6.45) is 2.74. The summed E-state index contributed by atoms with van der Waals surface area (Å²) in [5.41, 5.74) is 0.124. The molecule has 0 amide bonds. The predicted molar refractivity (Wildman–Crippen MR) is 77.9 cm³/mol. The van der Waals surface area contributed by atoms with Crippen molar-refractivity contribution in [3.05, 3.63) is 23.8 Å². The zero-order valence-corrected chi connectivity index (χ0v) is 13.7. The summed E-state index contributed by atoms with van der Waals surface area (Å²) in [5, 5.41) is 9.26. The highest BCUT2D eigenvalue weighted by atomic mass is 32.2. The molecule has 1 rings (SSSR count). The second-order valence-corrected chi connectivity index (χ2v) is 8.92. The first-order valence-corrected chi connectivity index (χ1v) is 10.0. The van der Waals surface area contributed by atoms with E-state index < -0.39 is 31.6 Å². The largest absolute Gasteiger partial charge is 0.481 e. The van der Waals surface area contributed by atoms with Crippen LogP contribution < -0.4 is 0 Å². The van der Waals surface area contributed by atoms with E-state index >= 15 is 0 Å². The molecule has 0 saturated heterocycles. The molecule has 0 aromatic heterocycles. The lowest BCUT2D eigenvalue weighted by atomic mass is 9.94. The Balaban J connectivity index is 3.64. The van der Waals surface area contributed by atoms with Gasteiger partial charge in [-0.05, 0) is 24.1 Å². The SMILES string of the molecule is CCCC(C(=O)O)c1ccc(S(C)(=O)=O)cc1S(C)(=O)=O. The maximum Gasteiger partial charge on any atom is 0.311 e. The average Bonchev–Trinajstić information content (AvgIpc) is 2.32. The van der Waals surface area contributed by atoms with Gasteiger partial charge in [-0.3, -0.25) is 4.79 Å². The Morgan fingerprint density at radius 1 is 1.14 bits per heavy atom. The topological polar surface area (TPSA) is 106 Å². The Bertz CT molecular complexity index is 747. The highest BCUT2D eigenvalue weighted by Gasteiger charge is 2.27. The average molecular weight is 334 g/mol. The summed E-state index contributed by atoms with van der Waals surface area (Å²) in [4.78, 5) is 10.9. The van der Waals surface area contributed by atoms with Gasteiger partial charge in [0.15, 0.2) is 19.7 Å². The molecule has 0 heterocycles. The van der Waals surface area contributed by atoms with Gasteiger partial charge < -0.3 is 5.11 Å². The van der Waals surface area contributed by atoms with Crippen molar-refractivity contribution in [2.75, 3.05) is 12.5 Å². The van der Waals surface area contributed by atoms with Gasteiger partial charge >= 0.3 is 5.97 Å². The van der Waals surface area contributed by atoms with Crippen LogP contribution in [-0.2, 0) is 24.5 Å². The van der Waals surface area contributed by atoms with Crippen LogP contribution in [-0.4, -0.2) is 40.4 Å². The Hall–Kier alpha value is -1.41. The van der Waals surface area contributed by atoms with Gasteiger partial charge in [0.2, 0.25) is 0 Å². The highest BCUT2D eigenvalue weighted by Crippen LogP contribution is 2.30. The number of carbonyl (C=O) groups is 1. The molecule has 0 spiro atoms. The van der Waals surface area contributed by atoms with Gasteiger partial charge in [-0.2, -0.15) is 0 Å². The molecule has 0 saturated carbocycles. The van der Waals surface area contributed by atoms with Crippen LogP contribution in [0.2, 0.25) is 0 Å². The zero-order chi connectivity index (χ0) is 16.4. The first-order valence-electron chi connectivity index (χ1n) is 6.25. The molecule has 1 N–H and O–H groups in total. The van der Waals surface area contributed by atoms with Gasteiger partial charge in [0, 0.05) is 12.5 Å². The molecule has 0 aliphatic heterocycles. The van der Waals surface area contributed by atoms with E-state index in [9.17, 15) is 26.7 Å². The summed E-state index contributed by atoms with van der Waals surface area (Å²) in [6.45, 7) is 1.79. The van der Waals surface area contributed by atoms with Gasteiger partial charge in [-0.15, -0.1) is 0 Å². The van der Waals surface area contributed by atoms with Crippen LogP contribution in [0.25, 0.3) is 0 Å². The number of benzene rings is 1. The standard InChI is InChI=1S/C13H18O6S2/c1-4-5-11(13(14)15)10-7-6-9(20(2,16)17)8-12(10)21(3,18)19/h6-8,11H,4-5H2,1-3H3,(H,14,15). The lowest BCUT2D eigenvalue weighted by Crippen LogP contribution is -2.16. The summed E-state index contributed by atoms with van der Waals surface area (Å²) in [7, 11) is -7.31. The smallest absolute Gasteiger partial charge is 0.311 e. The molecular weight excluding hydrogens is 316 g/mol. The summed E-state index contributed by atoms with van der Waals surface area (Å²) in [5.74, 6) is -2.11. The van der Waals surface area contributed by atoms with E-state index in [1.54, 1.807) is 6.92 Å². The molecule has 1 atom stereocenters. The quantitative estimate of drug-likeness (QED) is 0.844. The first kappa shape index (κ1) is 17.6. The molecule has 0 aliphatic rings. The number of hydrogen-bond acceptors (Lipinski definition) is 5. The maximum atomic E-state index is 11.9. The van der Waals surface area contributed by atoms with Gasteiger partial charge in [0.1, 0.15) is 0 Å². The normalized spacial score (nSPS) is 13.9. The summed E-state index contributed by atoms with van der Waals surface area (Å²) >= 11 is 0. The number of hydrogen-bond donors (Lipinski definition) is 1. The lowest BCUT2D eigenvalue weighted by Gasteiger charge is -2.16. The van der Waals surface area contributed by atoms with E-state index in [1.165, 1.54) is 12.1 Å². The maximum absolute atomic E-state index is 11.9. The van der Waals surface area contributed by atoms with Crippen molar-refractivity contribution in [1.82, 2.24) is 0 Å². The summed E-state index contributed by atoms with van der Waals surface area (Å²) in [6, 6.07) is 3.55. The van der Waals surface area contributed by atoms with E-state index in [0.717, 1.165) is 18.6 Å². The van der Waals surface area contributed by atoms with Crippen LogP contribution >= 0.6 is 0 Å². The highest BCUT2D eigenvalue weighted by molar-refractivity contribution is 7.91. The number of aliphatic carboxylic acids is 1. The van der Waals surface area contributed by atoms with E-state index in [-0.39, 0.29) is 21.8 Å². The molecule has 1 aromatic carbocycles. The molecule has 0 fully saturated rings. The van der Waals surface area contributed by atoms with Crippen LogP contribution in [0.15, 0.2) is 28.0 Å². The van der Waals surface area contributed by atoms with E-state index in [0.29, 0.717) is 6.42 Å². The third-order valence-corrected chi connectivity index (χ3v) is 5.33. The Morgan fingerprint density at radius 2 is 1.71 bits per heavy atom. The molecule has 0 aliphatic carbocycles. The number of rotatable bonds is 6. The van der Waals surface area contributed by atoms with Crippen molar-refractivity contribution in [2.45, 2.75) is 35.5 Å². The zero-order valence-electron chi connectivity index (χ0n) is 12.0. The van der Waals surface area contributed by atoms with Crippen molar-refractivity contribution < 1.29 is 26.7 Å². The van der Waals surface area contributed by atoms with E-state index in [2.05, 4.69) is 0 Å². The Kier molecular flexibility index (Phi) is 5.16. The number of carboxylic acid groups (broad SMARTS) is 1. The van der Waals surface area contributed by atoms with Crippen LogP contribution in [0.1, 0.15) is 31.2 Å². The van der Waals surface area contributed by atoms with Crippen molar-refractivity contribution >= 4 is 25.6 Å². The molecule has 0 bridgehead atoms. The molecular formula is C13H18O6S2. The van der Waals surface area contributed by atoms with Crippen molar-refractivity contribution in [2.24, 2.45) is 0 Å². The summed E-state index contributed by atoms with van der Waals surface area (Å²) < 4.78 is 46.8. The van der Waals surface area contributed by atoms with Gasteiger partial charge in [-0.1, -0.05) is 19.4 Å². The Morgan fingerprint density at radius 3 is 2.10 bits per heavy atom. The molecule has 0 radical (unpaired) electrons. The van der Waals surface area contributed by atoms with Gasteiger partial charge in [0.05, 0.1) is 15.7 Å². The minimum atomic E-state index is -3.74. The molecule has 6 nitrogen and oxygen atoms in total. The predicted octanol–water partition coefficient (Wildman–Crippen LogP) is 1.46. The molecule has 21 heavy (non-hydrogen) atoms. The third kappa shape index (κ3) is 4.28.